The maximum Gasteiger partial charge on any atom is 0.119 e. The van der Waals surface area contributed by atoms with Gasteiger partial charge in [0.2, 0.25) is 0 Å². The molecule has 1 aromatic rings. The third-order valence-corrected chi connectivity index (χ3v) is 4.06. The van der Waals surface area contributed by atoms with Crippen LogP contribution in [0.1, 0.15) is 26.3 Å². The van der Waals surface area contributed by atoms with Crippen molar-refractivity contribution in [1.82, 2.24) is 9.80 Å². The van der Waals surface area contributed by atoms with Crippen LogP contribution in [0.25, 0.3) is 0 Å². The van der Waals surface area contributed by atoms with Crippen LogP contribution in [0, 0.1) is 0 Å². The molecule has 1 heterocycles. The summed E-state index contributed by atoms with van der Waals surface area (Å²) < 4.78 is 5.77. The van der Waals surface area contributed by atoms with Crippen LogP contribution in [-0.2, 0) is 6.42 Å². The highest BCUT2D eigenvalue weighted by Crippen LogP contribution is 2.21. The smallest absolute Gasteiger partial charge is 0.119 e. The van der Waals surface area contributed by atoms with E-state index < -0.39 is 0 Å². The van der Waals surface area contributed by atoms with E-state index in [9.17, 15) is 0 Å². The molecule has 1 aliphatic heterocycles. The summed E-state index contributed by atoms with van der Waals surface area (Å²) in [5, 5.41) is 0. The van der Waals surface area contributed by atoms with E-state index in [1.807, 2.05) is 26.0 Å². The van der Waals surface area contributed by atoms with Crippen LogP contribution in [0.4, 0.5) is 0 Å². The monoisotopic (exact) mass is 291 g/mol. The second-order valence-electron chi connectivity index (χ2n) is 6.64. The fourth-order valence-electron chi connectivity index (χ4n) is 2.84. The first kappa shape index (κ1) is 16.3. The summed E-state index contributed by atoms with van der Waals surface area (Å²) >= 11 is 0. The van der Waals surface area contributed by atoms with Gasteiger partial charge in [-0.25, -0.2) is 0 Å². The number of benzene rings is 1. The van der Waals surface area contributed by atoms with Crippen molar-refractivity contribution < 1.29 is 4.74 Å². The van der Waals surface area contributed by atoms with Gasteiger partial charge >= 0.3 is 0 Å². The summed E-state index contributed by atoms with van der Waals surface area (Å²) in [6.07, 6.45) is 1.04. The molecule has 0 bridgehead atoms. The molecular weight excluding hydrogens is 262 g/mol. The van der Waals surface area contributed by atoms with Crippen LogP contribution in [0.5, 0.6) is 5.75 Å². The maximum atomic E-state index is 6.59. The summed E-state index contributed by atoms with van der Waals surface area (Å²) in [6.45, 7) is 10.5. The van der Waals surface area contributed by atoms with Crippen LogP contribution in [0.15, 0.2) is 24.3 Å². The van der Waals surface area contributed by atoms with Crippen molar-refractivity contribution in [3.63, 3.8) is 0 Å². The molecule has 1 fully saturated rings. The Hall–Kier alpha value is -1.10. The average molecular weight is 291 g/mol. The van der Waals surface area contributed by atoms with Gasteiger partial charge in [0.1, 0.15) is 5.75 Å². The molecular formula is C17H29N3O. The summed E-state index contributed by atoms with van der Waals surface area (Å²) in [4.78, 5) is 4.74. The lowest BCUT2D eigenvalue weighted by Crippen LogP contribution is -2.60. The van der Waals surface area contributed by atoms with Gasteiger partial charge in [-0.15, -0.1) is 0 Å². The number of hydrogen-bond donors (Lipinski definition) is 1. The van der Waals surface area contributed by atoms with Gasteiger partial charge in [0.15, 0.2) is 0 Å². The molecule has 0 amide bonds. The first-order valence-corrected chi connectivity index (χ1v) is 7.85. The van der Waals surface area contributed by atoms with Crippen LogP contribution < -0.4 is 10.5 Å². The zero-order valence-electron chi connectivity index (χ0n) is 13.8. The zero-order valence-corrected chi connectivity index (χ0v) is 13.8. The molecule has 0 saturated carbocycles. The highest BCUT2D eigenvalue weighted by atomic mass is 16.5. The zero-order chi connectivity index (χ0) is 15.5. The fraction of sp³-hybridized carbons (Fsp3) is 0.647. The number of nitrogens with zero attached hydrogens (tertiary/aromatic N) is 2. The summed E-state index contributed by atoms with van der Waals surface area (Å²) in [5.74, 6) is 0.927. The van der Waals surface area contributed by atoms with E-state index in [1.165, 1.54) is 5.56 Å². The van der Waals surface area contributed by atoms with E-state index in [0.717, 1.165) is 38.3 Å². The molecule has 0 radical (unpaired) electrons. The second-order valence-corrected chi connectivity index (χ2v) is 6.64. The number of rotatable bonds is 5. The van der Waals surface area contributed by atoms with Gasteiger partial charge < -0.3 is 15.4 Å². The lowest BCUT2D eigenvalue weighted by atomic mass is 9.99. The lowest BCUT2D eigenvalue weighted by molar-refractivity contribution is 0.0546. The van der Waals surface area contributed by atoms with Crippen molar-refractivity contribution in [2.24, 2.45) is 5.73 Å². The average Bonchev–Trinajstić information content (AvgIpc) is 2.38. The van der Waals surface area contributed by atoms with Gasteiger partial charge in [0, 0.05) is 32.6 Å². The number of piperazine rings is 1. The molecule has 0 spiro atoms. The molecule has 4 nitrogen and oxygen atoms in total. The van der Waals surface area contributed by atoms with Gasteiger partial charge in [-0.1, -0.05) is 12.1 Å². The lowest BCUT2D eigenvalue weighted by Gasteiger charge is -2.43. The topological polar surface area (TPSA) is 41.7 Å². The van der Waals surface area contributed by atoms with Gasteiger partial charge in [-0.3, -0.25) is 4.90 Å². The van der Waals surface area contributed by atoms with Gasteiger partial charge in [-0.2, -0.15) is 0 Å². The Labute approximate surface area is 128 Å². The standard InChI is InChI=1S/C17H29N3O/c1-14(2)21-16-7-5-6-15(12-16)13-17(3,18)20-10-8-19(4)9-11-20/h5-7,12,14H,8-11,13,18H2,1-4H3. The van der Waals surface area contributed by atoms with E-state index >= 15 is 0 Å². The van der Waals surface area contributed by atoms with Crippen molar-refractivity contribution in [3.8, 4) is 5.75 Å². The van der Waals surface area contributed by atoms with E-state index in [0.29, 0.717) is 0 Å². The Morgan fingerprint density at radius 2 is 1.90 bits per heavy atom. The normalized spacial score (nSPS) is 20.5. The SMILES string of the molecule is CC(C)Oc1cccc(CC(C)(N)N2CCN(C)CC2)c1. The van der Waals surface area contributed by atoms with Crippen molar-refractivity contribution in [2.75, 3.05) is 33.2 Å². The van der Waals surface area contributed by atoms with E-state index in [-0.39, 0.29) is 11.8 Å². The minimum Gasteiger partial charge on any atom is -0.491 e. The van der Waals surface area contributed by atoms with Crippen molar-refractivity contribution in [3.05, 3.63) is 29.8 Å². The molecule has 118 valence electrons. The minimum atomic E-state index is -0.308. The molecule has 0 aliphatic carbocycles. The first-order chi connectivity index (χ1) is 9.87. The largest absolute Gasteiger partial charge is 0.491 e. The fourth-order valence-corrected chi connectivity index (χ4v) is 2.84. The van der Waals surface area contributed by atoms with E-state index in [2.05, 4.69) is 35.9 Å². The predicted molar refractivity (Wildman–Crippen MR) is 87.6 cm³/mol. The second kappa shape index (κ2) is 6.77. The predicted octanol–water partition coefficient (Wildman–Crippen LogP) is 1.94. The van der Waals surface area contributed by atoms with Crippen LogP contribution in [0.3, 0.4) is 0 Å². The van der Waals surface area contributed by atoms with Crippen LogP contribution in [-0.4, -0.2) is 54.8 Å². The maximum absolute atomic E-state index is 6.59. The molecule has 4 heteroatoms. The number of likely N-dealkylation sites (N-methyl/N-ethyl adjacent to an activating group) is 1. The Kier molecular flexibility index (Phi) is 5.25. The highest BCUT2D eigenvalue weighted by molar-refractivity contribution is 5.29. The van der Waals surface area contributed by atoms with Crippen LogP contribution >= 0.6 is 0 Å². The van der Waals surface area contributed by atoms with Crippen molar-refractivity contribution >= 4 is 0 Å². The molecule has 1 aromatic carbocycles. The van der Waals surface area contributed by atoms with E-state index in [1.54, 1.807) is 0 Å². The molecule has 1 unspecified atom stereocenters. The van der Waals surface area contributed by atoms with Crippen molar-refractivity contribution in [2.45, 2.75) is 39.0 Å². The highest BCUT2D eigenvalue weighted by Gasteiger charge is 2.29. The quantitative estimate of drug-likeness (QED) is 0.900. The molecule has 1 aliphatic rings. The van der Waals surface area contributed by atoms with Crippen LogP contribution in [0.2, 0.25) is 0 Å². The van der Waals surface area contributed by atoms with Gasteiger partial charge in [-0.05, 0) is 45.5 Å². The molecule has 2 rings (SSSR count). The molecule has 1 saturated heterocycles. The first-order valence-electron chi connectivity index (χ1n) is 7.85. The molecule has 1 atom stereocenters. The third-order valence-electron chi connectivity index (χ3n) is 4.06. The minimum absolute atomic E-state index is 0.196. The molecule has 2 N–H and O–H groups in total. The Balaban J connectivity index is 2.02. The Morgan fingerprint density at radius 3 is 2.52 bits per heavy atom. The number of nitrogens with two attached hydrogens (primary N) is 1. The molecule has 0 aromatic heterocycles. The third kappa shape index (κ3) is 4.70. The summed E-state index contributed by atoms with van der Waals surface area (Å²) in [5.41, 5.74) is 7.51. The van der Waals surface area contributed by atoms with E-state index in [4.69, 9.17) is 10.5 Å². The Bertz CT molecular complexity index is 451. The summed E-state index contributed by atoms with van der Waals surface area (Å²) in [6, 6.07) is 8.30. The number of hydrogen-bond acceptors (Lipinski definition) is 4. The molecule has 21 heavy (non-hydrogen) atoms. The van der Waals surface area contributed by atoms with Gasteiger partial charge in [0.25, 0.3) is 0 Å². The Morgan fingerprint density at radius 1 is 1.24 bits per heavy atom. The van der Waals surface area contributed by atoms with Gasteiger partial charge in [0.05, 0.1) is 11.8 Å². The summed E-state index contributed by atoms with van der Waals surface area (Å²) in [7, 11) is 2.16. The van der Waals surface area contributed by atoms with Crippen molar-refractivity contribution in [1.29, 1.82) is 0 Å². The number of ether oxygens (including phenoxy) is 1.